The summed E-state index contributed by atoms with van der Waals surface area (Å²) in [5, 5.41) is 3.16. The van der Waals surface area contributed by atoms with Crippen molar-refractivity contribution >= 4 is 23.6 Å². The van der Waals surface area contributed by atoms with Gasteiger partial charge in [0, 0.05) is 18.2 Å². The van der Waals surface area contributed by atoms with Crippen molar-refractivity contribution in [1.82, 2.24) is 10.2 Å². The van der Waals surface area contributed by atoms with Gasteiger partial charge in [0.15, 0.2) is 0 Å². The van der Waals surface area contributed by atoms with Crippen LogP contribution in [0, 0.1) is 0 Å². The highest BCUT2D eigenvalue weighted by molar-refractivity contribution is 7.99. The minimum Gasteiger partial charge on any atom is -0.351 e. The zero-order valence-corrected chi connectivity index (χ0v) is 13.7. The lowest BCUT2D eigenvalue weighted by Crippen LogP contribution is -2.50. The molecule has 1 N–H and O–H groups in total. The Morgan fingerprint density at radius 2 is 2.09 bits per heavy atom. The van der Waals surface area contributed by atoms with Gasteiger partial charge in [-0.15, -0.1) is 11.8 Å². The summed E-state index contributed by atoms with van der Waals surface area (Å²) in [6.45, 7) is 1.85. The van der Waals surface area contributed by atoms with Crippen LogP contribution in [-0.4, -0.2) is 40.4 Å². The highest BCUT2D eigenvalue weighted by Gasteiger charge is 2.35. The fourth-order valence-corrected chi connectivity index (χ4v) is 4.41. The monoisotopic (exact) mass is 318 g/mol. The molecule has 2 aliphatic rings. The minimum atomic E-state index is -0.297. The van der Waals surface area contributed by atoms with E-state index in [0.717, 1.165) is 19.3 Å². The lowest BCUT2D eigenvalue weighted by Gasteiger charge is -2.28. The zero-order chi connectivity index (χ0) is 15.5. The molecule has 1 aromatic carbocycles. The van der Waals surface area contributed by atoms with Crippen LogP contribution in [0.5, 0.6) is 0 Å². The summed E-state index contributed by atoms with van der Waals surface area (Å²) in [7, 11) is 0. The van der Waals surface area contributed by atoms with Crippen molar-refractivity contribution in [3.8, 4) is 0 Å². The number of rotatable bonds is 3. The second kappa shape index (κ2) is 6.73. The van der Waals surface area contributed by atoms with Gasteiger partial charge in [0.1, 0.15) is 6.04 Å². The molecule has 1 heterocycles. The van der Waals surface area contributed by atoms with E-state index in [4.69, 9.17) is 0 Å². The summed E-state index contributed by atoms with van der Waals surface area (Å²) >= 11 is 1.66. The minimum absolute atomic E-state index is 0.0104. The van der Waals surface area contributed by atoms with Gasteiger partial charge in [-0.3, -0.25) is 9.59 Å². The van der Waals surface area contributed by atoms with Crippen molar-refractivity contribution in [2.75, 3.05) is 11.6 Å². The van der Waals surface area contributed by atoms with Crippen LogP contribution in [-0.2, 0) is 22.4 Å². The van der Waals surface area contributed by atoms with Gasteiger partial charge >= 0.3 is 0 Å². The topological polar surface area (TPSA) is 49.4 Å². The summed E-state index contributed by atoms with van der Waals surface area (Å²) in [5.41, 5.74) is 2.73. The second-order valence-corrected chi connectivity index (χ2v) is 6.95. The first-order chi connectivity index (χ1) is 10.7. The second-order valence-electron chi connectivity index (χ2n) is 5.95. The van der Waals surface area contributed by atoms with E-state index in [1.807, 2.05) is 6.92 Å². The molecule has 2 atom stereocenters. The van der Waals surface area contributed by atoms with Crippen molar-refractivity contribution in [2.45, 2.75) is 44.7 Å². The Morgan fingerprint density at radius 1 is 1.32 bits per heavy atom. The third-order valence-electron chi connectivity index (χ3n) is 4.50. The number of hydrogen-bond donors (Lipinski definition) is 1. The van der Waals surface area contributed by atoms with Crippen LogP contribution in [0.3, 0.4) is 0 Å². The molecule has 2 unspecified atom stereocenters. The number of benzene rings is 1. The van der Waals surface area contributed by atoms with E-state index in [0.29, 0.717) is 18.1 Å². The number of amides is 2. The average molecular weight is 318 g/mol. The van der Waals surface area contributed by atoms with E-state index in [-0.39, 0.29) is 23.9 Å². The summed E-state index contributed by atoms with van der Waals surface area (Å²) in [6, 6.07) is 8.33. The van der Waals surface area contributed by atoms with Crippen molar-refractivity contribution in [3.63, 3.8) is 0 Å². The van der Waals surface area contributed by atoms with Crippen LogP contribution in [0.1, 0.15) is 30.9 Å². The molecular formula is C17H22N2O2S. The Labute approximate surface area is 135 Å². The Bertz CT molecular complexity index is 576. The molecule has 0 spiro atoms. The predicted octanol–water partition coefficient (Wildman–Crippen LogP) is 1.97. The molecule has 1 fully saturated rings. The first kappa shape index (κ1) is 15.4. The van der Waals surface area contributed by atoms with Gasteiger partial charge < -0.3 is 10.2 Å². The van der Waals surface area contributed by atoms with Gasteiger partial charge in [-0.05, 0) is 30.4 Å². The van der Waals surface area contributed by atoms with E-state index < -0.39 is 0 Å². The first-order valence-corrected chi connectivity index (χ1v) is 9.09. The quantitative estimate of drug-likeness (QED) is 0.927. The highest BCUT2D eigenvalue weighted by Crippen LogP contribution is 2.24. The Morgan fingerprint density at radius 3 is 2.86 bits per heavy atom. The van der Waals surface area contributed by atoms with Crippen LogP contribution >= 0.6 is 11.8 Å². The largest absolute Gasteiger partial charge is 0.351 e. The molecule has 4 nitrogen and oxygen atoms in total. The van der Waals surface area contributed by atoms with Crippen molar-refractivity contribution in [1.29, 1.82) is 0 Å². The van der Waals surface area contributed by atoms with Crippen molar-refractivity contribution < 1.29 is 9.59 Å². The molecule has 1 aliphatic carbocycles. The molecule has 0 bridgehead atoms. The molecule has 1 aromatic rings. The maximum Gasteiger partial charge on any atom is 0.243 e. The van der Waals surface area contributed by atoms with E-state index in [1.165, 1.54) is 11.1 Å². The fourth-order valence-electron chi connectivity index (χ4n) is 3.23. The van der Waals surface area contributed by atoms with Crippen molar-refractivity contribution in [3.05, 3.63) is 35.4 Å². The molecule has 118 valence electrons. The molecule has 5 heteroatoms. The highest BCUT2D eigenvalue weighted by atomic mass is 32.2. The van der Waals surface area contributed by atoms with Gasteiger partial charge in [0.2, 0.25) is 11.8 Å². The summed E-state index contributed by atoms with van der Waals surface area (Å²) in [5.74, 6) is 1.43. The molecule has 0 aromatic heterocycles. The summed E-state index contributed by atoms with van der Waals surface area (Å²) in [4.78, 5) is 26.2. The lowest BCUT2D eigenvalue weighted by atomic mass is 9.88. The number of aryl methyl sites for hydroxylation is 1. The summed E-state index contributed by atoms with van der Waals surface area (Å²) < 4.78 is 0. The molecule has 1 saturated heterocycles. The number of nitrogens with zero attached hydrogens (tertiary/aromatic N) is 1. The van der Waals surface area contributed by atoms with Crippen LogP contribution in [0.2, 0.25) is 0 Å². The normalized spacial score (nSPS) is 24.0. The summed E-state index contributed by atoms with van der Waals surface area (Å²) in [6.07, 6.45) is 3.34. The van der Waals surface area contributed by atoms with Gasteiger partial charge in [0.05, 0.1) is 5.88 Å². The van der Waals surface area contributed by atoms with Gasteiger partial charge in [0.25, 0.3) is 0 Å². The number of fused-ring (bicyclic) bond motifs is 1. The standard InChI is InChI=1S/C17H22N2O2S/c1-2-16(20)19-11-22-10-15(19)17(21)18-14-8-7-12-5-3-4-6-13(12)9-14/h3-6,14-15H,2,7-11H2,1H3,(H,18,21). The van der Waals surface area contributed by atoms with Gasteiger partial charge in [-0.25, -0.2) is 0 Å². The molecular weight excluding hydrogens is 296 g/mol. The van der Waals surface area contributed by atoms with Crippen molar-refractivity contribution in [2.24, 2.45) is 0 Å². The molecule has 22 heavy (non-hydrogen) atoms. The van der Waals surface area contributed by atoms with E-state index in [2.05, 4.69) is 29.6 Å². The molecule has 2 amide bonds. The number of carbonyl (C=O) groups excluding carboxylic acids is 2. The molecule has 0 radical (unpaired) electrons. The van der Waals surface area contributed by atoms with Crippen LogP contribution in [0.4, 0.5) is 0 Å². The van der Waals surface area contributed by atoms with E-state index in [9.17, 15) is 9.59 Å². The van der Waals surface area contributed by atoms with Gasteiger partial charge in [-0.2, -0.15) is 0 Å². The Kier molecular flexibility index (Phi) is 4.71. The van der Waals surface area contributed by atoms with Crippen LogP contribution in [0.25, 0.3) is 0 Å². The van der Waals surface area contributed by atoms with E-state index >= 15 is 0 Å². The molecule has 3 rings (SSSR count). The smallest absolute Gasteiger partial charge is 0.243 e. The zero-order valence-electron chi connectivity index (χ0n) is 12.9. The molecule has 0 saturated carbocycles. The first-order valence-electron chi connectivity index (χ1n) is 7.93. The Hall–Kier alpha value is -1.49. The SMILES string of the molecule is CCC(=O)N1CSCC1C(=O)NC1CCc2ccccc2C1. The molecule has 1 aliphatic heterocycles. The average Bonchev–Trinajstić information content (AvgIpc) is 3.03. The fraction of sp³-hybridized carbons (Fsp3) is 0.529. The number of carbonyl (C=O) groups is 2. The number of nitrogens with one attached hydrogen (secondary N) is 1. The third-order valence-corrected chi connectivity index (χ3v) is 5.51. The van der Waals surface area contributed by atoms with Crippen LogP contribution in [0.15, 0.2) is 24.3 Å². The number of thioether (sulfide) groups is 1. The predicted molar refractivity (Wildman–Crippen MR) is 88.6 cm³/mol. The number of hydrogen-bond acceptors (Lipinski definition) is 3. The Balaban J connectivity index is 1.62. The van der Waals surface area contributed by atoms with Gasteiger partial charge in [-0.1, -0.05) is 31.2 Å². The maximum absolute atomic E-state index is 12.5. The third kappa shape index (κ3) is 3.14. The van der Waals surface area contributed by atoms with Crippen LogP contribution < -0.4 is 5.32 Å². The lowest BCUT2D eigenvalue weighted by molar-refractivity contribution is -0.138. The van der Waals surface area contributed by atoms with E-state index in [1.54, 1.807) is 16.7 Å². The maximum atomic E-state index is 12.5.